The molecule has 2 bridgehead atoms. The second-order valence-electron chi connectivity index (χ2n) is 8.51. The molecule has 3 aliphatic carbocycles. The third kappa shape index (κ3) is 2.56. The quantitative estimate of drug-likeness (QED) is 0.391. The molecule has 31 heavy (non-hydrogen) atoms. The third-order valence-electron chi connectivity index (χ3n) is 6.94. The van der Waals surface area contributed by atoms with E-state index in [1.54, 1.807) is 6.21 Å². The van der Waals surface area contributed by atoms with Crippen molar-refractivity contribution in [3.05, 3.63) is 105 Å². The zero-order valence-electron chi connectivity index (χ0n) is 16.8. The number of rotatable bonds is 2. The number of amides is 2. The smallest absolute Gasteiger partial charge is 0.254 e. The fourth-order valence-corrected chi connectivity index (χ4v) is 5.99. The molecular formula is C26H19BrN2O2. The molecule has 152 valence electrons. The van der Waals surface area contributed by atoms with Crippen LogP contribution in [0.4, 0.5) is 0 Å². The van der Waals surface area contributed by atoms with Crippen LogP contribution in [-0.2, 0) is 9.59 Å². The van der Waals surface area contributed by atoms with Crippen LogP contribution >= 0.6 is 15.9 Å². The van der Waals surface area contributed by atoms with Crippen LogP contribution in [0.2, 0.25) is 0 Å². The van der Waals surface area contributed by atoms with E-state index in [1.807, 2.05) is 49.4 Å². The largest absolute Gasteiger partial charge is 0.272 e. The highest BCUT2D eigenvalue weighted by Gasteiger charge is 2.61. The molecule has 0 N–H and O–H groups in total. The van der Waals surface area contributed by atoms with Gasteiger partial charge in [0.25, 0.3) is 11.8 Å². The molecule has 4 aliphatic rings. The Hall–Kier alpha value is -3.05. The summed E-state index contributed by atoms with van der Waals surface area (Å²) in [5.41, 5.74) is 6.62. The summed E-state index contributed by atoms with van der Waals surface area (Å²) in [5.74, 6) is -1.40. The molecule has 3 aromatic carbocycles. The number of hydrazone groups is 1. The van der Waals surface area contributed by atoms with Crippen molar-refractivity contribution in [2.45, 2.75) is 18.8 Å². The molecule has 1 fully saturated rings. The van der Waals surface area contributed by atoms with Gasteiger partial charge in [-0.1, -0.05) is 76.6 Å². The van der Waals surface area contributed by atoms with Crippen LogP contribution in [0, 0.1) is 18.8 Å². The van der Waals surface area contributed by atoms with Crippen LogP contribution in [0.15, 0.2) is 76.3 Å². The van der Waals surface area contributed by atoms with Crippen LogP contribution in [0.3, 0.4) is 0 Å². The van der Waals surface area contributed by atoms with Crippen molar-refractivity contribution in [2.75, 3.05) is 0 Å². The molecule has 0 unspecified atom stereocenters. The number of carbonyl (C=O) groups excluding carboxylic acids is 2. The minimum absolute atomic E-state index is 0.104. The Bertz CT molecular complexity index is 1180. The summed E-state index contributed by atoms with van der Waals surface area (Å²) in [6.07, 6.45) is 1.60. The van der Waals surface area contributed by atoms with Gasteiger partial charge in [0.05, 0.1) is 18.1 Å². The van der Waals surface area contributed by atoms with Gasteiger partial charge >= 0.3 is 0 Å². The normalized spacial score (nSPS) is 25.7. The van der Waals surface area contributed by atoms with E-state index in [2.05, 4.69) is 45.3 Å². The molecule has 1 heterocycles. The van der Waals surface area contributed by atoms with Crippen molar-refractivity contribution in [3.8, 4) is 0 Å². The highest BCUT2D eigenvalue weighted by atomic mass is 79.9. The summed E-state index contributed by atoms with van der Waals surface area (Å²) >= 11 is 3.52. The number of halogens is 1. The van der Waals surface area contributed by atoms with Gasteiger partial charge in [0.1, 0.15) is 0 Å². The Morgan fingerprint density at radius 1 is 0.806 bits per heavy atom. The van der Waals surface area contributed by atoms with Crippen LogP contribution < -0.4 is 0 Å². The average molecular weight is 471 g/mol. The zero-order valence-corrected chi connectivity index (χ0v) is 18.4. The molecule has 0 spiro atoms. The molecule has 5 heteroatoms. The fraction of sp³-hybridized carbons (Fsp3) is 0.192. The number of aryl methyl sites for hydroxylation is 1. The average Bonchev–Trinajstić information content (AvgIpc) is 3.05. The molecule has 3 aromatic rings. The standard InChI is InChI=1S/C26H19BrN2O2/c1-14-10-11-15(12-20(14)27)13-28-29-25(30)23-21-16-6-2-3-7-17(16)22(24(23)26(29)31)19-9-5-4-8-18(19)21/h2-13,21-24H,1H3/b28-13-/t21?,22?,23-,24-/m0/s1. The maximum atomic E-state index is 13.5. The maximum Gasteiger partial charge on any atom is 0.254 e. The number of hydrogen-bond acceptors (Lipinski definition) is 3. The lowest BCUT2D eigenvalue weighted by Crippen LogP contribution is -2.41. The monoisotopic (exact) mass is 470 g/mol. The highest BCUT2D eigenvalue weighted by Crippen LogP contribution is 2.60. The predicted octanol–water partition coefficient (Wildman–Crippen LogP) is 4.98. The summed E-state index contributed by atoms with van der Waals surface area (Å²) in [7, 11) is 0. The number of nitrogens with zero attached hydrogens (tertiary/aromatic N) is 2. The molecular weight excluding hydrogens is 452 g/mol. The van der Waals surface area contributed by atoms with Gasteiger partial charge in [-0.05, 0) is 46.4 Å². The van der Waals surface area contributed by atoms with Crippen molar-refractivity contribution >= 4 is 34.0 Å². The summed E-state index contributed by atoms with van der Waals surface area (Å²) in [4.78, 5) is 27.0. The van der Waals surface area contributed by atoms with E-state index < -0.39 is 11.8 Å². The van der Waals surface area contributed by atoms with E-state index in [0.29, 0.717) is 0 Å². The molecule has 0 saturated carbocycles. The van der Waals surface area contributed by atoms with Crippen molar-refractivity contribution < 1.29 is 9.59 Å². The van der Waals surface area contributed by atoms with E-state index in [9.17, 15) is 9.59 Å². The van der Waals surface area contributed by atoms with Crippen LogP contribution in [0.1, 0.15) is 45.2 Å². The Labute approximate surface area is 188 Å². The summed E-state index contributed by atoms with van der Waals surface area (Å²) in [6, 6.07) is 22.3. The van der Waals surface area contributed by atoms with Gasteiger partial charge in [-0.2, -0.15) is 10.1 Å². The topological polar surface area (TPSA) is 49.7 Å². The van der Waals surface area contributed by atoms with Gasteiger partial charge < -0.3 is 0 Å². The molecule has 1 aliphatic heterocycles. The first-order chi connectivity index (χ1) is 15.1. The molecule has 7 rings (SSSR count). The lowest BCUT2D eigenvalue weighted by Gasteiger charge is -2.45. The Morgan fingerprint density at radius 3 is 1.74 bits per heavy atom. The van der Waals surface area contributed by atoms with E-state index >= 15 is 0 Å². The van der Waals surface area contributed by atoms with Crippen molar-refractivity contribution in [1.29, 1.82) is 0 Å². The minimum atomic E-state index is -0.399. The Kier molecular flexibility index (Phi) is 4.06. The molecule has 0 radical (unpaired) electrons. The summed E-state index contributed by atoms with van der Waals surface area (Å²) in [5, 5.41) is 5.47. The molecule has 2 amide bonds. The fourth-order valence-electron chi connectivity index (χ4n) is 5.59. The van der Waals surface area contributed by atoms with Crippen molar-refractivity contribution in [2.24, 2.45) is 16.9 Å². The molecule has 4 nitrogen and oxygen atoms in total. The lowest BCUT2D eigenvalue weighted by atomic mass is 9.55. The van der Waals surface area contributed by atoms with Crippen LogP contribution in [-0.4, -0.2) is 23.0 Å². The first kappa shape index (κ1) is 18.7. The van der Waals surface area contributed by atoms with Crippen molar-refractivity contribution in [1.82, 2.24) is 5.01 Å². The zero-order chi connectivity index (χ0) is 21.3. The SMILES string of the molecule is Cc1ccc(/C=N\N2C(=O)[C@H]3C4c5ccccc5C(c5ccccc54)[C@@H]3C2=O)cc1Br. The van der Waals surface area contributed by atoms with Gasteiger partial charge in [-0.3, -0.25) is 9.59 Å². The maximum absolute atomic E-state index is 13.5. The van der Waals surface area contributed by atoms with Gasteiger partial charge in [0.15, 0.2) is 0 Å². The summed E-state index contributed by atoms with van der Waals surface area (Å²) < 4.78 is 0.966. The first-order valence-corrected chi connectivity index (χ1v) is 11.2. The van der Waals surface area contributed by atoms with Gasteiger partial charge in [-0.15, -0.1) is 0 Å². The van der Waals surface area contributed by atoms with E-state index in [1.165, 1.54) is 22.3 Å². The number of hydrogen-bond donors (Lipinski definition) is 0. The van der Waals surface area contributed by atoms with Crippen molar-refractivity contribution in [3.63, 3.8) is 0 Å². The minimum Gasteiger partial charge on any atom is -0.272 e. The van der Waals surface area contributed by atoms with E-state index in [0.717, 1.165) is 20.6 Å². The van der Waals surface area contributed by atoms with Crippen LogP contribution in [0.5, 0.6) is 0 Å². The highest BCUT2D eigenvalue weighted by molar-refractivity contribution is 9.10. The molecule has 0 aromatic heterocycles. The molecule has 1 saturated heterocycles. The molecule has 2 atom stereocenters. The second kappa shape index (κ2) is 6.72. The van der Waals surface area contributed by atoms with E-state index in [-0.39, 0.29) is 23.7 Å². The second-order valence-corrected chi connectivity index (χ2v) is 9.36. The lowest BCUT2D eigenvalue weighted by molar-refractivity contribution is -0.139. The third-order valence-corrected chi connectivity index (χ3v) is 7.80. The van der Waals surface area contributed by atoms with Gasteiger partial charge in [-0.25, -0.2) is 0 Å². The Morgan fingerprint density at radius 2 is 1.29 bits per heavy atom. The number of imide groups is 1. The predicted molar refractivity (Wildman–Crippen MR) is 122 cm³/mol. The van der Waals surface area contributed by atoms with Gasteiger partial charge in [0.2, 0.25) is 0 Å². The number of benzene rings is 3. The number of carbonyl (C=O) groups is 2. The van der Waals surface area contributed by atoms with Crippen LogP contribution in [0.25, 0.3) is 0 Å². The summed E-state index contributed by atoms with van der Waals surface area (Å²) in [6.45, 7) is 2.01. The van der Waals surface area contributed by atoms with E-state index in [4.69, 9.17) is 0 Å². The van der Waals surface area contributed by atoms with Gasteiger partial charge in [0, 0.05) is 16.3 Å². The first-order valence-electron chi connectivity index (χ1n) is 10.4. The Balaban J connectivity index is 1.44.